The Balaban J connectivity index is 0.000000384. The van der Waals surface area contributed by atoms with Gasteiger partial charge in [0.2, 0.25) is 12.2 Å². The molecule has 38 heavy (non-hydrogen) atoms. The molecule has 5 N–H and O–H groups in total. The van der Waals surface area contributed by atoms with Gasteiger partial charge in [-0.3, -0.25) is 10.6 Å². The van der Waals surface area contributed by atoms with Crippen molar-refractivity contribution < 1.29 is 41.7 Å². The van der Waals surface area contributed by atoms with Gasteiger partial charge in [0.1, 0.15) is 11.9 Å². The third-order valence-electron chi connectivity index (χ3n) is 6.18. The van der Waals surface area contributed by atoms with Gasteiger partial charge in [-0.25, -0.2) is 4.79 Å². The molecule has 0 bridgehead atoms. The predicted octanol–water partition coefficient (Wildman–Crippen LogP) is 4.91. The lowest BCUT2D eigenvalue weighted by atomic mass is 9.89. The summed E-state index contributed by atoms with van der Waals surface area (Å²) in [6, 6.07) is 7.05. The summed E-state index contributed by atoms with van der Waals surface area (Å²) < 4.78 is 54.5. The van der Waals surface area contributed by atoms with Crippen molar-refractivity contribution in [3.05, 3.63) is 41.9 Å². The first-order chi connectivity index (χ1) is 18.1. The molecule has 3 rings (SSSR count). The first-order valence-electron chi connectivity index (χ1n) is 13.0. The number of nitrogens with one attached hydrogen (secondary N) is 1. The Bertz CT molecular complexity index is 886. The van der Waals surface area contributed by atoms with E-state index in [1.54, 1.807) is 13.0 Å². The molecule has 2 aliphatic carbocycles. The highest BCUT2D eigenvalue weighted by Gasteiger charge is 2.31. The van der Waals surface area contributed by atoms with E-state index in [1.807, 2.05) is 0 Å². The maximum Gasteiger partial charge on any atom is 0.573 e. The average molecular weight is 546 g/mol. The van der Waals surface area contributed by atoms with Gasteiger partial charge >= 0.3 is 18.3 Å². The van der Waals surface area contributed by atoms with Crippen molar-refractivity contribution in [2.24, 2.45) is 17.5 Å². The molecule has 1 aromatic rings. The van der Waals surface area contributed by atoms with Gasteiger partial charge in [0.15, 0.2) is 5.70 Å². The van der Waals surface area contributed by atoms with Crippen LogP contribution < -0.4 is 21.7 Å². The largest absolute Gasteiger partial charge is 0.573 e. The van der Waals surface area contributed by atoms with Gasteiger partial charge in [-0.15, -0.1) is 13.2 Å². The Hall–Kier alpha value is -3.15. The van der Waals surface area contributed by atoms with E-state index < -0.39 is 18.6 Å². The maximum atomic E-state index is 12.4. The quantitative estimate of drug-likeness (QED) is 0.0987. The highest BCUT2D eigenvalue weighted by Crippen LogP contribution is 2.26. The number of hydrogen-bond acceptors (Lipinski definition) is 9. The topological polar surface area (TPSA) is 135 Å². The molecular formula is C26H38F3N3O6. The SMILES string of the molecule is CCC(OC(=O)/C(NN)=C(/N)OC1CCCCC1)OC(=O)C1CCCCC1.FC(F)(F)Oc1ccccc1. The van der Waals surface area contributed by atoms with Crippen LogP contribution >= 0.6 is 0 Å². The van der Waals surface area contributed by atoms with Crippen molar-refractivity contribution in [1.29, 1.82) is 0 Å². The number of hydrogen-bond donors (Lipinski definition) is 3. The van der Waals surface area contributed by atoms with Gasteiger partial charge in [0, 0.05) is 6.42 Å². The highest BCUT2D eigenvalue weighted by molar-refractivity contribution is 5.88. The van der Waals surface area contributed by atoms with E-state index in [1.165, 1.54) is 30.7 Å². The fraction of sp³-hybridized carbons (Fsp3) is 0.615. The second-order valence-corrected chi connectivity index (χ2v) is 9.14. The highest BCUT2D eigenvalue weighted by atomic mass is 19.4. The van der Waals surface area contributed by atoms with Gasteiger partial charge in [-0.05, 0) is 50.7 Å². The van der Waals surface area contributed by atoms with Gasteiger partial charge in [0.05, 0.1) is 5.92 Å². The molecular weight excluding hydrogens is 507 g/mol. The molecule has 1 atom stereocenters. The first kappa shape index (κ1) is 31.1. The molecule has 2 fully saturated rings. The number of esters is 2. The number of carbonyl (C=O) groups excluding carboxylic acids is 2. The van der Waals surface area contributed by atoms with Crippen LogP contribution in [0.2, 0.25) is 0 Å². The third kappa shape index (κ3) is 11.5. The second kappa shape index (κ2) is 16.0. The zero-order chi connectivity index (χ0) is 28.0. The maximum absolute atomic E-state index is 12.4. The number of ether oxygens (including phenoxy) is 4. The zero-order valence-corrected chi connectivity index (χ0v) is 21.6. The van der Waals surface area contributed by atoms with E-state index in [9.17, 15) is 22.8 Å². The fourth-order valence-electron chi connectivity index (χ4n) is 4.21. The Morgan fingerprint density at radius 3 is 2.08 bits per heavy atom. The van der Waals surface area contributed by atoms with E-state index >= 15 is 0 Å². The summed E-state index contributed by atoms with van der Waals surface area (Å²) in [6.07, 6.45) is 4.68. The van der Waals surface area contributed by atoms with Crippen LogP contribution in [0.4, 0.5) is 13.2 Å². The minimum Gasteiger partial charge on any atom is -0.474 e. The van der Waals surface area contributed by atoms with Crippen molar-refractivity contribution in [3.8, 4) is 5.75 Å². The standard InChI is InChI=1S/C19H33N3O5.C7H5F3O/c1-2-15(26-18(23)13-9-5-3-6-10-13)27-19(24)16(22-21)17(20)25-14-11-7-4-8-12-14;8-7(9,10)11-6-4-2-1-3-5-6/h13-15,22H,2-12,20-21H2,1H3;1-5H/b17-16+;. The number of alkyl halides is 3. The fourth-order valence-corrected chi connectivity index (χ4v) is 4.21. The molecule has 1 unspecified atom stereocenters. The molecule has 2 aliphatic rings. The number of rotatable bonds is 9. The summed E-state index contributed by atoms with van der Waals surface area (Å²) in [5, 5.41) is 0. The lowest BCUT2D eigenvalue weighted by molar-refractivity contribution is -0.274. The molecule has 0 spiro atoms. The molecule has 0 amide bonds. The van der Waals surface area contributed by atoms with Crippen LogP contribution in [-0.4, -0.2) is 30.7 Å². The van der Waals surface area contributed by atoms with E-state index in [0.29, 0.717) is 6.42 Å². The molecule has 2 saturated carbocycles. The normalized spacial score (nSPS) is 18.1. The van der Waals surface area contributed by atoms with E-state index in [4.69, 9.17) is 25.8 Å². The third-order valence-corrected chi connectivity index (χ3v) is 6.18. The molecule has 0 aliphatic heterocycles. The number of nitrogens with two attached hydrogens (primary N) is 2. The van der Waals surface area contributed by atoms with Crippen LogP contribution in [0.3, 0.4) is 0 Å². The average Bonchev–Trinajstić information content (AvgIpc) is 2.89. The molecule has 9 nitrogen and oxygen atoms in total. The summed E-state index contributed by atoms with van der Waals surface area (Å²) in [5.74, 6) is 3.92. The van der Waals surface area contributed by atoms with E-state index in [-0.39, 0.29) is 35.3 Å². The molecule has 0 heterocycles. The second-order valence-electron chi connectivity index (χ2n) is 9.14. The Kier molecular flexibility index (Phi) is 13.0. The van der Waals surface area contributed by atoms with Crippen molar-refractivity contribution in [2.75, 3.05) is 0 Å². The van der Waals surface area contributed by atoms with Gasteiger partial charge in [-0.1, -0.05) is 50.8 Å². The van der Waals surface area contributed by atoms with Crippen molar-refractivity contribution in [3.63, 3.8) is 0 Å². The van der Waals surface area contributed by atoms with Crippen LogP contribution in [0.5, 0.6) is 5.75 Å². The molecule has 0 aromatic heterocycles. The summed E-state index contributed by atoms with van der Waals surface area (Å²) in [7, 11) is 0. The Morgan fingerprint density at radius 1 is 0.974 bits per heavy atom. The van der Waals surface area contributed by atoms with Crippen LogP contribution in [0.15, 0.2) is 41.9 Å². The van der Waals surface area contributed by atoms with Crippen molar-refractivity contribution in [2.45, 2.75) is 96.3 Å². The summed E-state index contributed by atoms with van der Waals surface area (Å²) in [6.45, 7) is 1.77. The van der Waals surface area contributed by atoms with Crippen LogP contribution in [0.1, 0.15) is 77.6 Å². The monoisotopic (exact) mass is 545 g/mol. The number of carbonyl (C=O) groups is 2. The van der Waals surface area contributed by atoms with E-state index in [2.05, 4.69) is 10.2 Å². The van der Waals surface area contributed by atoms with Crippen LogP contribution in [-0.2, 0) is 23.8 Å². The van der Waals surface area contributed by atoms with E-state index in [0.717, 1.165) is 57.8 Å². The van der Waals surface area contributed by atoms with Crippen LogP contribution in [0, 0.1) is 5.92 Å². The van der Waals surface area contributed by atoms with Gasteiger partial charge in [0.25, 0.3) is 0 Å². The van der Waals surface area contributed by atoms with Crippen LogP contribution in [0.25, 0.3) is 0 Å². The lowest BCUT2D eigenvalue weighted by Crippen LogP contribution is -2.36. The Labute approximate surface area is 221 Å². The predicted molar refractivity (Wildman–Crippen MR) is 132 cm³/mol. The molecule has 1 aromatic carbocycles. The number of para-hydroxylation sites is 1. The first-order valence-corrected chi connectivity index (χ1v) is 13.0. The van der Waals surface area contributed by atoms with Gasteiger partial charge in [-0.2, -0.15) is 0 Å². The number of halogens is 3. The zero-order valence-electron chi connectivity index (χ0n) is 21.6. The lowest BCUT2D eigenvalue weighted by Gasteiger charge is -2.25. The Morgan fingerprint density at radius 2 is 1.55 bits per heavy atom. The smallest absolute Gasteiger partial charge is 0.474 e. The summed E-state index contributed by atoms with van der Waals surface area (Å²) in [4.78, 5) is 24.7. The minimum atomic E-state index is -4.60. The summed E-state index contributed by atoms with van der Waals surface area (Å²) >= 11 is 0. The number of hydrazine groups is 1. The molecule has 12 heteroatoms. The molecule has 214 valence electrons. The van der Waals surface area contributed by atoms with Gasteiger partial charge < -0.3 is 30.1 Å². The summed E-state index contributed by atoms with van der Waals surface area (Å²) in [5.41, 5.74) is 7.99. The molecule has 0 radical (unpaired) electrons. The van der Waals surface area contributed by atoms with Crippen molar-refractivity contribution in [1.82, 2.24) is 5.43 Å². The van der Waals surface area contributed by atoms with Crippen molar-refractivity contribution >= 4 is 11.9 Å². The number of benzene rings is 1. The minimum absolute atomic E-state index is 0.0269. The molecule has 0 saturated heterocycles.